The summed E-state index contributed by atoms with van der Waals surface area (Å²) in [4.78, 5) is 37.6. The van der Waals surface area contributed by atoms with Crippen LogP contribution < -0.4 is 9.47 Å². The molecule has 33 heavy (non-hydrogen) atoms. The van der Waals surface area contributed by atoms with Crippen LogP contribution in [-0.2, 0) is 16.1 Å². The number of hydrogen-bond acceptors (Lipinski definition) is 7. The Morgan fingerprint density at radius 3 is 2.70 bits per heavy atom. The van der Waals surface area contributed by atoms with E-state index in [1.54, 1.807) is 37.5 Å². The van der Waals surface area contributed by atoms with Crippen LogP contribution in [0.2, 0.25) is 0 Å². The number of carboxylic acids is 1. The van der Waals surface area contributed by atoms with Gasteiger partial charge in [-0.2, -0.15) is 0 Å². The van der Waals surface area contributed by atoms with E-state index in [9.17, 15) is 14.4 Å². The summed E-state index contributed by atoms with van der Waals surface area (Å²) in [5.74, 6) is -0.365. The SMILES string of the molecule is COCCCN1C(=O)S/C(=C/c2cc(I)c(OCc3cccc(C(=O)O)c3)c(OC)c2)C1=O. The highest BCUT2D eigenvalue weighted by Crippen LogP contribution is 2.37. The second-order valence-electron chi connectivity index (χ2n) is 7.01. The molecule has 0 unspecified atom stereocenters. The fraction of sp³-hybridized carbons (Fsp3) is 0.261. The van der Waals surface area contributed by atoms with E-state index >= 15 is 0 Å². The van der Waals surface area contributed by atoms with Crippen molar-refractivity contribution in [3.63, 3.8) is 0 Å². The van der Waals surface area contributed by atoms with Gasteiger partial charge in [0, 0.05) is 20.3 Å². The average molecular weight is 583 g/mol. The quantitative estimate of drug-likeness (QED) is 0.245. The van der Waals surface area contributed by atoms with E-state index in [1.165, 1.54) is 18.1 Å². The molecule has 174 valence electrons. The number of carbonyl (C=O) groups excluding carboxylic acids is 2. The Morgan fingerprint density at radius 2 is 2.00 bits per heavy atom. The molecule has 1 aliphatic heterocycles. The van der Waals surface area contributed by atoms with E-state index < -0.39 is 5.97 Å². The zero-order chi connectivity index (χ0) is 24.0. The minimum Gasteiger partial charge on any atom is -0.493 e. The van der Waals surface area contributed by atoms with Crippen molar-refractivity contribution in [3.05, 3.63) is 61.6 Å². The molecule has 0 saturated carbocycles. The number of hydrogen-bond donors (Lipinski definition) is 1. The highest BCUT2D eigenvalue weighted by Gasteiger charge is 2.34. The molecule has 2 aromatic rings. The lowest BCUT2D eigenvalue weighted by molar-refractivity contribution is -0.122. The van der Waals surface area contributed by atoms with E-state index in [-0.39, 0.29) is 23.3 Å². The lowest BCUT2D eigenvalue weighted by atomic mass is 10.1. The predicted octanol–water partition coefficient (Wildman–Crippen LogP) is 4.65. The normalized spacial score (nSPS) is 14.8. The van der Waals surface area contributed by atoms with Crippen LogP contribution in [0.4, 0.5) is 4.79 Å². The molecule has 3 rings (SSSR count). The summed E-state index contributed by atoms with van der Waals surface area (Å²) in [7, 11) is 3.08. The Bertz CT molecular complexity index is 1100. The van der Waals surface area contributed by atoms with Crippen molar-refractivity contribution < 1.29 is 33.7 Å². The van der Waals surface area contributed by atoms with Crippen LogP contribution in [0.3, 0.4) is 0 Å². The van der Waals surface area contributed by atoms with E-state index in [0.29, 0.717) is 47.1 Å². The maximum Gasteiger partial charge on any atom is 0.335 e. The molecule has 0 bridgehead atoms. The summed E-state index contributed by atoms with van der Waals surface area (Å²) in [5, 5.41) is 8.85. The number of ether oxygens (including phenoxy) is 3. The number of carboxylic acid groups (broad SMARTS) is 1. The number of benzene rings is 2. The van der Waals surface area contributed by atoms with Gasteiger partial charge in [0.05, 0.1) is 21.1 Å². The standard InChI is InChI=1S/C23H22INO7S/c1-30-8-4-7-25-21(26)19(33-23(25)29)12-15-10-17(24)20(18(11-15)31-2)32-13-14-5-3-6-16(9-14)22(27)28/h3,5-6,9-12H,4,7-8,13H2,1-2H3,(H,27,28)/b19-12+. The summed E-state index contributed by atoms with van der Waals surface area (Å²) in [5.41, 5.74) is 1.59. The first-order valence-corrected chi connectivity index (χ1v) is 11.8. The lowest BCUT2D eigenvalue weighted by Gasteiger charge is -2.14. The third-order valence-electron chi connectivity index (χ3n) is 4.71. The van der Waals surface area contributed by atoms with E-state index in [2.05, 4.69) is 22.6 Å². The molecule has 1 saturated heterocycles. The molecule has 1 N–H and O–H groups in total. The average Bonchev–Trinajstić information content (AvgIpc) is 3.05. The topological polar surface area (TPSA) is 102 Å². The lowest BCUT2D eigenvalue weighted by Crippen LogP contribution is -2.29. The monoisotopic (exact) mass is 583 g/mol. The molecule has 8 nitrogen and oxygen atoms in total. The van der Waals surface area contributed by atoms with Gasteiger partial charge in [-0.25, -0.2) is 4.79 Å². The fourth-order valence-corrected chi connectivity index (χ4v) is 4.77. The van der Waals surface area contributed by atoms with Crippen molar-refractivity contribution in [2.45, 2.75) is 13.0 Å². The smallest absolute Gasteiger partial charge is 0.335 e. The third kappa shape index (κ3) is 6.27. The number of thioether (sulfide) groups is 1. The summed E-state index contributed by atoms with van der Waals surface area (Å²) >= 11 is 3.01. The van der Waals surface area contributed by atoms with Gasteiger partial charge in [-0.1, -0.05) is 12.1 Å². The molecule has 2 aromatic carbocycles. The number of methoxy groups -OCH3 is 2. The molecular weight excluding hydrogens is 561 g/mol. The number of imide groups is 1. The van der Waals surface area contributed by atoms with Gasteiger partial charge in [0.2, 0.25) is 0 Å². The molecule has 1 fully saturated rings. The molecule has 2 amide bonds. The predicted molar refractivity (Wildman–Crippen MR) is 133 cm³/mol. The molecular formula is C23H22INO7S. The Balaban J connectivity index is 1.78. The van der Waals surface area contributed by atoms with Gasteiger partial charge >= 0.3 is 5.97 Å². The molecule has 10 heteroatoms. The molecule has 1 heterocycles. The molecule has 0 radical (unpaired) electrons. The van der Waals surface area contributed by atoms with Crippen molar-refractivity contribution >= 4 is 57.5 Å². The minimum atomic E-state index is -1.00. The molecule has 0 aliphatic carbocycles. The third-order valence-corrected chi connectivity index (χ3v) is 6.42. The van der Waals surface area contributed by atoms with Crippen LogP contribution >= 0.6 is 34.4 Å². The van der Waals surface area contributed by atoms with Crippen molar-refractivity contribution in [1.29, 1.82) is 0 Å². The highest BCUT2D eigenvalue weighted by molar-refractivity contribution is 14.1. The van der Waals surface area contributed by atoms with Crippen molar-refractivity contribution in [3.8, 4) is 11.5 Å². The zero-order valence-electron chi connectivity index (χ0n) is 18.0. The highest BCUT2D eigenvalue weighted by atomic mass is 127. The number of rotatable bonds is 10. The Morgan fingerprint density at radius 1 is 1.21 bits per heavy atom. The van der Waals surface area contributed by atoms with Gasteiger partial charge in [-0.15, -0.1) is 0 Å². The Hall–Kier alpha value is -2.57. The van der Waals surface area contributed by atoms with E-state index in [0.717, 1.165) is 15.3 Å². The molecule has 0 atom stereocenters. The second kappa shape index (κ2) is 11.5. The van der Waals surface area contributed by atoms with Gasteiger partial charge in [-0.05, 0) is 82.2 Å². The molecule has 0 spiro atoms. The number of amides is 2. The zero-order valence-corrected chi connectivity index (χ0v) is 21.0. The Kier molecular flexibility index (Phi) is 8.75. The number of carbonyl (C=O) groups is 3. The van der Waals surface area contributed by atoms with Crippen LogP contribution in [0.5, 0.6) is 11.5 Å². The largest absolute Gasteiger partial charge is 0.493 e. The first-order valence-electron chi connectivity index (χ1n) is 9.91. The van der Waals surface area contributed by atoms with Gasteiger partial charge in [0.25, 0.3) is 11.1 Å². The van der Waals surface area contributed by atoms with Crippen LogP contribution in [0.25, 0.3) is 6.08 Å². The summed E-state index contributed by atoms with van der Waals surface area (Å²) in [6.07, 6.45) is 2.24. The van der Waals surface area contributed by atoms with Crippen molar-refractivity contribution in [1.82, 2.24) is 4.90 Å². The van der Waals surface area contributed by atoms with Crippen molar-refractivity contribution in [2.24, 2.45) is 0 Å². The summed E-state index contributed by atoms with van der Waals surface area (Å²) in [6.45, 7) is 0.942. The maximum absolute atomic E-state index is 12.6. The molecule has 0 aromatic heterocycles. The van der Waals surface area contributed by atoms with Crippen LogP contribution in [0.1, 0.15) is 27.9 Å². The second-order valence-corrected chi connectivity index (χ2v) is 9.16. The van der Waals surface area contributed by atoms with Crippen LogP contribution in [-0.4, -0.2) is 54.5 Å². The van der Waals surface area contributed by atoms with Gasteiger partial charge in [0.15, 0.2) is 11.5 Å². The summed E-state index contributed by atoms with van der Waals surface area (Å²) in [6, 6.07) is 10.1. The first kappa shape index (κ1) is 25.1. The van der Waals surface area contributed by atoms with Crippen LogP contribution in [0.15, 0.2) is 41.3 Å². The van der Waals surface area contributed by atoms with Gasteiger partial charge in [0.1, 0.15) is 6.61 Å². The maximum atomic E-state index is 12.6. The summed E-state index contributed by atoms with van der Waals surface area (Å²) < 4.78 is 17.1. The van der Waals surface area contributed by atoms with Gasteiger partial charge in [-0.3, -0.25) is 14.5 Å². The van der Waals surface area contributed by atoms with Crippen molar-refractivity contribution in [2.75, 3.05) is 27.4 Å². The number of halogens is 1. The van der Waals surface area contributed by atoms with Crippen LogP contribution in [0, 0.1) is 3.57 Å². The fourth-order valence-electron chi connectivity index (χ4n) is 3.12. The number of nitrogens with zero attached hydrogens (tertiary/aromatic N) is 1. The number of aromatic carboxylic acids is 1. The first-order chi connectivity index (χ1) is 15.8. The molecule has 1 aliphatic rings. The van der Waals surface area contributed by atoms with Gasteiger partial charge < -0.3 is 19.3 Å². The van der Waals surface area contributed by atoms with E-state index in [1.807, 2.05) is 6.07 Å². The van der Waals surface area contributed by atoms with E-state index in [4.69, 9.17) is 19.3 Å². The Labute approximate surface area is 209 Å². The minimum absolute atomic E-state index is 0.160.